The number of nitrogens with two attached hydrogens (primary N) is 3. The first-order valence-corrected chi connectivity index (χ1v) is 8.55. The second-order valence-electron chi connectivity index (χ2n) is 6.81. The van der Waals surface area contributed by atoms with E-state index in [0.29, 0.717) is 39.6 Å². The van der Waals surface area contributed by atoms with Crippen LogP contribution in [0.15, 0.2) is 54.6 Å². The molecule has 7 heteroatoms. The second-order valence-corrected chi connectivity index (χ2v) is 6.81. The number of carbonyl (C=O) groups excluding carboxylic acids is 2. The van der Waals surface area contributed by atoms with Crippen molar-refractivity contribution < 1.29 is 19.1 Å². The first-order chi connectivity index (χ1) is 13.4. The highest BCUT2D eigenvalue weighted by Crippen LogP contribution is 2.56. The Labute approximate surface area is 159 Å². The maximum atomic E-state index is 12.8. The van der Waals surface area contributed by atoms with Crippen LogP contribution in [0.1, 0.15) is 37.4 Å². The lowest BCUT2D eigenvalue weighted by atomic mass is 9.77. The smallest absolute Gasteiger partial charge is 0.340 e. The van der Waals surface area contributed by atoms with Gasteiger partial charge in [0.15, 0.2) is 5.60 Å². The maximum absolute atomic E-state index is 12.8. The van der Waals surface area contributed by atoms with E-state index >= 15 is 0 Å². The monoisotopic (exact) mass is 373 g/mol. The first-order valence-electron chi connectivity index (χ1n) is 8.55. The van der Waals surface area contributed by atoms with Gasteiger partial charge in [-0.1, -0.05) is 6.07 Å². The molecule has 0 radical (unpaired) electrons. The summed E-state index contributed by atoms with van der Waals surface area (Å²) in [6, 6.07) is 15.0. The van der Waals surface area contributed by atoms with Crippen LogP contribution in [0, 0.1) is 0 Å². The van der Waals surface area contributed by atoms with Crippen LogP contribution in [0.2, 0.25) is 0 Å². The third-order valence-corrected chi connectivity index (χ3v) is 5.14. The minimum absolute atomic E-state index is 0.231. The average Bonchev–Trinajstić information content (AvgIpc) is 2.94. The fourth-order valence-electron chi connectivity index (χ4n) is 3.91. The van der Waals surface area contributed by atoms with Crippen molar-refractivity contribution in [3.05, 3.63) is 82.4 Å². The topological polar surface area (TPSA) is 131 Å². The number of benzene rings is 3. The van der Waals surface area contributed by atoms with Crippen LogP contribution in [0.3, 0.4) is 0 Å². The van der Waals surface area contributed by atoms with Crippen molar-refractivity contribution in [2.45, 2.75) is 5.60 Å². The average molecular weight is 373 g/mol. The van der Waals surface area contributed by atoms with E-state index in [2.05, 4.69) is 0 Å². The van der Waals surface area contributed by atoms with Gasteiger partial charge in [0.05, 0.1) is 5.56 Å². The van der Waals surface area contributed by atoms with Gasteiger partial charge >= 0.3 is 5.97 Å². The molecule has 1 amide bonds. The highest BCUT2D eigenvalue weighted by atomic mass is 16.6. The van der Waals surface area contributed by atoms with E-state index in [9.17, 15) is 9.59 Å². The fourth-order valence-corrected chi connectivity index (χ4v) is 3.91. The minimum atomic E-state index is -1.23. The summed E-state index contributed by atoms with van der Waals surface area (Å²) in [7, 11) is 0. The summed E-state index contributed by atoms with van der Waals surface area (Å²) in [4.78, 5) is 24.4. The van der Waals surface area contributed by atoms with Gasteiger partial charge in [-0.2, -0.15) is 0 Å². The molecule has 0 aliphatic carbocycles. The molecule has 0 saturated carbocycles. The van der Waals surface area contributed by atoms with Crippen LogP contribution in [0.5, 0.6) is 11.5 Å². The Bertz CT molecular complexity index is 1150. The van der Waals surface area contributed by atoms with E-state index in [0.717, 1.165) is 0 Å². The van der Waals surface area contributed by atoms with Crippen molar-refractivity contribution in [3.63, 3.8) is 0 Å². The van der Waals surface area contributed by atoms with E-state index in [1.807, 2.05) is 0 Å². The molecular weight excluding hydrogens is 358 g/mol. The number of carbonyl (C=O) groups is 2. The molecule has 28 heavy (non-hydrogen) atoms. The summed E-state index contributed by atoms with van der Waals surface area (Å²) >= 11 is 0. The Morgan fingerprint density at radius 3 is 1.96 bits per heavy atom. The van der Waals surface area contributed by atoms with Gasteiger partial charge in [-0.15, -0.1) is 0 Å². The van der Waals surface area contributed by atoms with E-state index in [1.54, 1.807) is 48.5 Å². The number of nitrogen functional groups attached to an aromatic ring is 2. The van der Waals surface area contributed by atoms with Crippen LogP contribution in [-0.2, 0) is 10.3 Å². The minimum Gasteiger partial charge on any atom is -0.456 e. The number of ether oxygens (including phenoxy) is 2. The summed E-state index contributed by atoms with van der Waals surface area (Å²) in [5.41, 5.74) is 19.4. The lowest BCUT2D eigenvalue weighted by molar-refractivity contribution is 0.0224. The zero-order valence-corrected chi connectivity index (χ0v) is 14.6. The van der Waals surface area contributed by atoms with Crippen molar-refractivity contribution >= 4 is 23.3 Å². The third kappa shape index (κ3) is 1.98. The van der Waals surface area contributed by atoms with Crippen LogP contribution in [0.4, 0.5) is 11.4 Å². The van der Waals surface area contributed by atoms with Gasteiger partial charge in [0, 0.05) is 45.8 Å². The van der Waals surface area contributed by atoms with Crippen LogP contribution in [-0.4, -0.2) is 11.9 Å². The molecular formula is C21H15N3O4. The lowest BCUT2D eigenvalue weighted by Gasteiger charge is -2.36. The zero-order valence-electron chi connectivity index (χ0n) is 14.6. The number of fused-ring (bicyclic) bond motifs is 6. The Morgan fingerprint density at radius 2 is 1.39 bits per heavy atom. The number of esters is 1. The van der Waals surface area contributed by atoms with Gasteiger partial charge in [-0.05, 0) is 36.4 Å². The number of hydrogen-bond acceptors (Lipinski definition) is 6. The molecule has 0 saturated heterocycles. The predicted octanol–water partition coefficient (Wildman–Crippen LogP) is 2.52. The molecule has 1 spiro atoms. The predicted molar refractivity (Wildman–Crippen MR) is 102 cm³/mol. The summed E-state index contributed by atoms with van der Waals surface area (Å²) < 4.78 is 12.0. The Hall–Kier alpha value is -4.00. The quantitative estimate of drug-likeness (QED) is 0.444. The van der Waals surface area contributed by atoms with Gasteiger partial charge in [-0.3, -0.25) is 4.79 Å². The molecule has 2 aliphatic heterocycles. The first kappa shape index (κ1) is 16.2. The summed E-state index contributed by atoms with van der Waals surface area (Å²) in [6.07, 6.45) is 0. The molecule has 0 unspecified atom stereocenters. The molecule has 7 nitrogen and oxygen atoms in total. The molecule has 2 aliphatic rings. The molecule has 138 valence electrons. The van der Waals surface area contributed by atoms with Gasteiger partial charge in [0.25, 0.3) is 0 Å². The molecule has 6 N–H and O–H groups in total. The van der Waals surface area contributed by atoms with Gasteiger partial charge in [-0.25, -0.2) is 4.79 Å². The molecule has 3 aromatic rings. The SMILES string of the molecule is NC(=O)c1ccc2c(c1)C(=O)OC21c2ccc(N)cc2Oc2cc(N)ccc21. The molecule has 0 fully saturated rings. The summed E-state index contributed by atoms with van der Waals surface area (Å²) in [5.74, 6) is -0.231. The Balaban J connectivity index is 1.87. The van der Waals surface area contributed by atoms with E-state index in [1.165, 1.54) is 6.07 Å². The number of amides is 1. The van der Waals surface area contributed by atoms with Gasteiger partial charge < -0.3 is 26.7 Å². The molecule has 5 rings (SSSR count). The number of rotatable bonds is 1. The molecule has 2 heterocycles. The van der Waals surface area contributed by atoms with E-state index in [4.69, 9.17) is 26.7 Å². The van der Waals surface area contributed by atoms with Crippen LogP contribution >= 0.6 is 0 Å². The molecule has 0 bridgehead atoms. The van der Waals surface area contributed by atoms with Crippen molar-refractivity contribution in [3.8, 4) is 11.5 Å². The highest BCUT2D eigenvalue weighted by molar-refractivity contribution is 6.01. The Kier molecular flexibility index (Phi) is 3.04. The number of primary amides is 1. The highest BCUT2D eigenvalue weighted by Gasteiger charge is 2.53. The molecule has 0 aromatic heterocycles. The van der Waals surface area contributed by atoms with Gasteiger partial charge in [0.2, 0.25) is 5.91 Å². The lowest BCUT2D eigenvalue weighted by Crippen LogP contribution is -2.33. The summed E-state index contributed by atoms with van der Waals surface area (Å²) in [6.45, 7) is 0. The Morgan fingerprint density at radius 1 is 0.821 bits per heavy atom. The normalized spacial score (nSPS) is 15.2. The van der Waals surface area contributed by atoms with Crippen molar-refractivity contribution in [2.75, 3.05) is 11.5 Å². The van der Waals surface area contributed by atoms with E-state index < -0.39 is 17.5 Å². The number of anilines is 2. The molecule has 3 aromatic carbocycles. The second kappa shape index (κ2) is 5.26. The van der Waals surface area contributed by atoms with Gasteiger partial charge in [0.1, 0.15) is 11.5 Å². The van der Waals surface area contributed by atoms with Crippen molar-refractivity contribution in [1.29, 1.82) is 0 Å². The van der Waals surface area contributed by atoms with Crippen LogP contribution < -0.4 is 21.9 Å². The zero-order chi connectivity index (χ0) is 19.6. The maximum Gasteiger partial charge on any atom is 0.340 e. The fraction of sp³-hybridized carbons (Fsp3) is 0.0476. The number of hydrogen-bond donors (Lipinski definition) is 3. The third-order valence-electron chi connectivity index (χ3n) is 5.14. The largest absolute Gasteiger partial charge is 0.456 e. The summed E-state index contributed by atoms with van der Waals surface area (Å²) in [5, 5.41) is 0. The van der Waals surface area contributed by atoms with Crippen molar-refractivity contribution in [1.82, 2.24) is 0 Å². The standard InChI is InChI=1S/C21H15N3O4/c22-11-2-5-15-17(8-11)27-18-9-12(23)3-6-16(18)21(15)14-4-1-10(19(24)25)7-13(14)20(26)28-21/h1-9H,22-23H2,(H2,24,25). The van der Waals surface area contributed by atoms with Crippen molar-refractivity contribution in [2.24, 2.45) is 5.73 Å². The molecule has 0 atom stereocenters. The van der Waals surface area contributed by atoms with E-state index in [-0.39, 0.29) is 11.1 Å². The van der Waals surface area contributed by atoms with Crippen LogP contribution in [0.25, 0.3) is 0 Å².